The molecule has 0 unspecified atom stereocenters. The number of halogens is 1. The zero-order valence-corrected chi connectivity index (χ0v) is 12.5. The van der Waals surface area contributed by atoms with E-state index in [1.165, 1.54) is 12.3 Å². The molecule has 0 aromatic carbocycles. The Labute approximate surface area is 101 Å². The van der Waals surface area contributed by atoms with E-state index in [4.69, 9.17) is 0 Å². The fourth-order valence-corrected chi connectivity index (χ4v) is 10.4. The maximum atomic E-state index is 13.2. The van der Waals surface area contributed by atoms with Crippen molar-refractivity contribution >= 4 is 20.1 Å². The molecule has 0 spiro atoms. The quantitative estimate of drug-likeness (QED) is 0.784. The zero-order valence-electron chi connectivity index (χ0n) is 10.8. The molecule has 5 heteroatoms. The van der Waals surface area contributed by atoms with Crippen molar-refractivity contribution in [2.75, 3.05) is 37.5 Å². The summed E-state index contributed by atoms with van der Waals surface area (Å²) in [6.45, 7) is 0. The molecule has 0 radical (unpaired) electrons. The highest BCUT2D eigenvalue weighted by Crippen LogP contribution is 2.67. The lowest BCUT2D eigenvalue weighted by molar-refractivity contribution is 0.573. The second-order valence-electron chi connectivity index (χ2n) is 5.43. The molecule has 0 amide bonds. The summed E-state index contributed by atoms with van der Waals surface area (Å²) in [6, 6.07) is 1.30. The number of aromatic nitrogens is 2. The highest BCUT2D eigenvalue weighted by atomic mass is 32.3. The molecule has 0 saturated heterocycles. The minimum atomic E-state index is -0.847. The van der Waals surface area contributed by atoms with Gasteiger partial charge in [-0.2, -0.15) is 4.39 Å². The number of nitrogens with zero attached hydrogens (tertiary/aromatic N) is 2. The van der Waals surface area contributed by atoms with Crippen LogP contribution in [0.3, 0.4) is 0 Å². The maximum absolute atomic E-state index is 13.2. The number of hydrogen-bond acceptors (Lipinski definition) is 2. The zero-order chi connectivity index (χ0) is 12.6. The van der Waals surface area contributed by atoms with Crippen LogP contribution in [0.25, 0.3) is 0 Å². The van der Waals surface area contributed by atoms with Crippen LogP contribution >= 0.6 is 20.1 Å². The Hall–Kier alpha value is -0.290. The Kier molecular flexibility index (Phi) is 3.90. The van der Waals surface area contributed by atoms with Gasteiger partial charge in [-0.05, 0) is 37.5 Å². The van der Waals surface area contributed by atoms with E-state index in [0.29, 0.717) is 5.82 Å². The molecule has 0 saturated carbocycles. The van der Waals surface area contributed by atoms with Gasteiger partial charge in [0.15, 0.2) is 5.82 Å². The second-order valence-corrected chi connectivity index (χ2v) is 14.4. The SMILES string of the molecule is CS(C)(C)C(c1nccc(F)n1)S(C)(C)C. The molecule has 0 bridgehead atoms. The van der Waals surface area contributed by atoms with Crippen LogP contribution in [-0.4, -0.2) is 47.5 Å². The summed E-state index contributed by atoms with van der Waals surface area (Å²) < 4.78 is 13.5. The summed E-state index contributed by atoms with van der Waals surface area (Å²) in [6.07, 6.45) is 15.0. The van der Waals surface area contributed by atoms with E-state index < -0.39 is 26.0 Å². The molecule has 1 aromatic rings. The van der Waals surface area contributed by atoms with Crippen molar-refractivity contribution in [3.63, 3.8) is 0 Å². The van der Waals surface area contributed by atoms with Crippen molar-refractivity contribution in [3.05, 3.63) is 24.0 Å². The van der Waals surface area contributed by atoms with Gasteiger partial charge >= 0.3 is 0 Å². The molecule has 1 aromatic heterocycles. The Morgan fingerprint density at radius 1 is 1.06 bits per heavy atom. The molecule has 16 heavy (non-hydrogen) atoms. The lowest BCUT2D eigenvalue weighted by Gasteiger charge is -2.46. The van der Waals surface area contributed by atoms with Crippen LogP contribution in [0.4, 0.5) is 4.39 Å². The molecular formula is C11H21FN2S2. The lowest BCUT2D eigenvalue weighted by Crippen LogP contribution is -2.17. The first-order chi connectivity index (χ1) is 7.12. The van der Waals surface area contributed by atoms with Crippen LogP contribution in [-0.2, 0) is 0 Å². The first-order valence-corrected chi connectivity index (χ1v) is 10.8. The molecule has 1 rings (SSSR count). The van der Waals surface area contributed by atoms with Gasteiger partial charge < -0.3 is 0 Å². The van der Waals surface area contributed by atoms with Gasteiger partial charge in [-0.1, -0.05) is 0 Å². The second kappa shape index (κ2) is 4.53. The third-order valence-electron chi connectivity index (χ3n) is 2.14. The van der Waals surface area contributed by atoms with E-state index in [0.717, 1.165) is 0 Å². The predicted octanol–water partition coefficient (Wildman–Crippen LogP) is 3.00. The van der Waals surface area contributed by atoms with Gasteiger partial charge in [-0.3, -0.25) is 0 Å². The fourth-order valence-electron chi connectivity index (χ4n) is 1.96. The summed E-state index contributed by atoms with van der Waals surface area (Å²) in [7, 11) is -1.69. The number of rotatable bonds is 3. The lowest BCUT2D eigenvalue weighted by atomic mass is 10.6. The Morgan fingerprint density at radius 2 is 1.56 bits per heavy atom. The van der Waals surface area contributed by atoms with Crippen LogP contribution in [0.15, 0.2) is 12.3 Å². The summed E-state index contributed by atoms with van der Waals surface area (Å²) >= 11 is 0. The molecule has 0 atom stereocenters. The van der Waals surface area contributed by atoms with Gasteiger partial charge in [-0.15, -0.1) is 0 Å². The molecule has 0 aliphatic rings. The predicted molar refractivity (Wildman–Crippen MR) is 75.5 cm³/mol. The smallest absolute Gasteiger partial charge is 0.216 e. The van der Waals surface area contributed by atoms with Gasteiger partial charge in [0, 0.05) is 12.3 Å². The monoisotopic (exact) mass is 264 g/mol. The summed E-state index contributed by atoms with van der Waals surface area (Å²) in [4.78, 5) is 8.23. The van der Waals surface area contributed by atoms with E-state index in [1.807, 2.05) is 0 Å². The summed E-state index contributed by atoms with van der Waals surface area (Å²) in [5, 5.41) is 0. The first-order valence-electron chi connectivity index (χ1n) is 4.95. The normalized spacial score (nSPS) is 15.2. The van der Waals surface area contributed by atoms with E-state index in [9.17, 15) is 4.39 Å². The number of hydrogen-bond donors (Lipinski definition) is 0. The molecular weight excluding hydrogens is 243 g/mol. The topological polar surface area (TPSA) is 25.8 Å². The minimum Gasteiger partial charge on any atom is -0.239 e. The Morgan fingerprint density at radius 3 is 1.94 bits per heavy atom. The molecule has 0 aliphatic heterocycles. The van der Waals surface area contributed by atoms with E-state index in [2.05, 4.69) is 47.5 Å². The van der Waals surface area contributed by atoms with E-state index in [-0.39, 0.29) is 4.58 Å². The fraction of sp³-hybridized carbons (Fsp3) is 0.636. The minimum absolute atomic E-state index is 0.288. The third kappa shape index (κ3) is 3.35. The van der Waals surface area contributed by atoms with Crippen LogP contribution < -0.4 is 0 Å². The van der Waals surface area contributed by atoms with E-state index >= 15 is 0 Å². The Bertz CT molecular complexity index is 355. The van der Waals surface area contributed by atoms with E-state index in [1.54, 1.807) is 0 Å². The molecule has 0 fully saturated rings. The highest BCUT2D eigenvalue weighted by molar-refractivity contribution is 8.47. The molecule has 0 N–H and O–H groups in total. The van der Waals surface area contributed by atoms with Crippen LogP contribution in [0.2, 0.25) is 0 Å². The van der Waals surface area contributed by atoms with Gasteiger partial charge in [0.2, 0.25) is 5.95 Å². The first kappa shape index (κ1) is 13.8. The average molecular weight is 264 g/mol. The molecule has 94 valence electrons. The summed E-state index contributed by atoms with van der Waals surface area (Å²) in [5.74, 6) is 0.243. The molecule has 2 nitrogen and oxygen atoms in total. The van der Waals surface area contributed by atoms with Gasteiger partial charge in [0.1, 0.15) is 0 Å². The van der Waals surface area contributed by atoms with Crippen molar-refractivity contribution in [2.24, 2.45) is 0 Å². The standard InChI is InChI=1S/C11H21FN2S2/c1-15(2,3)11(16(4,5)6)10-13-8-7-9(12)14-10/h7-8,11H,1-6H3. The molecule has 0 aliphatic carbocycles. The Balaban J connectivity index is 3.23. The van der Waals surface area contributed by atoms with Crippen LogP contribution in [0.5, 0.6) is 0 Å². The van der Waals surface area contributed by atoms with Gasteiger partial charge in [-0.25, -0.2) is 30.0 Å². The highest BCUT2D eigenvalue weighted by Gasteiger charge is 2.32. The van der Waals surface area contributed by atoms with Crippen molar-refractivity contribution in [1.82, 2.24) is 9.97 Å². The summed E-state index contributed by atoms with van der Waals surface area (Å²) in [5.41, 5.74) is 0. The van der Waals surface area contributed by atoms with Crippen molar-refractivity contribution in [3.8, 4) is 0 Å². The van der Waals surface area contributed by atoms with Crippen LogP contribution in [0.1, 0.15) is 10.4 Å². The van der Waals surface area contributed by atoms with Crippen molar-refractivity contribution in [1.29, 1.82) is 0 Å². The van der Waals surface area contributed by atoms with Gasteiger partial charge in [0.25, 0.3) is 0 Å². The maximum Gasteiger partial charge on any atom is 0.216 e. The average Bonchev–Trinajstić information content (AvgIpc) is 1.97. The molecule has 1 heterocycles. The van der Waals surface area contributed by atoms with Crippen molar-refractivity contribution < 1.29 is 4.39 Å². The third-order valence-corrected chi connectivity index (χ3v) is 8.59. The largest absolute Gasteiger partial charge is 0.239 e. The van der Waals surface area contributed by atoms with Gasteiger partial charge in [0.05, 0.1) is 4.58 Å². The van der Waals surface area contributed by atoms with Crippen molar-refractivity contribution in [2.45, 2.75) is 4.58 Å². The van der Waals surface area contributed by atoms with Crippen LogP contribution in [0, 0.1) is 5.95 Å².